The van der Waals surface area contributed by atoms with Crippen molar-refractivity contribution in [1.82, 2.24) is 0 Å². The summed E-state index contributed by atoms with van der Waals surface area (Å²) in [6, 6.07) is 14.0. The maximum Gasteiger partial charge on any atom is 0.296 e. The number of rotatable bonds is 7. The number of hydrogen-bond acceptors (Lipinski definition) is 6. The molecule has 144 valence electrons. The number of carbonyl (C=O) groups is 1. The fourth-order valence-electron chi connectivity index (χ4n) is 2.34. The third kappa shape index (κ3) is 4.60. The molecule has 2 aromatic carbocycles. The van der Waals surface area contributed by atoms with Gasteiger partial charge in [-0.05, 0) is 48.5 Å². The van der Waals surface area contributed by atoms with Crippen LogP contribution in [0.1, 0.15) is 16.3 Å². The minimum absolute atomic E-state index is 0.000165. The van der Waals surface area contributed by atoms with E-state index in [4.69, 9.17) is 25.5 Å². The first-order valence-corrected chi connectivity index (χ1v) is 8.45. The third-order valence-corrected chi connectivity index (χ3v) is 3.98. The molecule has 8 nitrogen and oxygen atoms in total. The number of methoxy groups -OCH3 is 1. The van der Waals surface area contributed by atoms with Gasteiger partial charge in [0.15, 0.2) is 5.76 Å². The zero-order valence-electron chi connectivity index (χ0n) is 14.7. The molecule has 0 saturated carbocycles. The van der Waals surface area contributed by atoms with Gasteiger partial charge in [0.1, 0.15) is 29.6 Å². The van der Waals surface area contributed by atoms with E-state index in [1.807, 2.05) is 0 Å². The highest BCUT2D eigenvalue weighted by Crippen LogP contribution is 2.29. The van der Waals surface area contributed by atoms with Gasteiger partial charge in [-0.2, -0.15) is 0 Å². The zero-order valence-corrected chi connectivity index (χ0v) is 15.4. The van der Waals surface area contributed by atoms with Gasteiger partial charge in [0.25, 0.3) is 11.6 Å². The van der Waals surface area contributed by atoms with Crippen LogP contribution in [0.5, 0.6) is 11.5 Å². The number of nitrogens with one attached hydrogen (secondary N) is 1. The maximum absolute atomic E-state index is 12.4. The molecule has 0 atom stereocenters. The molecule has 0 aliphatic rings. The van der Waals surface area contributed by atoms with E-state index in [-0.39, 0.29) is 23.7 Å². The predicted octanol–water partition coefficient (Wildman–Crippen LogP) is 4.68. The Morgan fingerprint density at radius 3 is 2.54 bits per heavy atom. The van der Waals surface area contributed by atoms with E-state index in [9.17, 15) is 14.9 Å². The molecular weight excluding hydrogens is 388 g/mol. The molecule has 1 amide bonds. The van der Waals surface area contributed by atoms with Crippen LogP contribution in [0.25, 0.3) is 0 Å². The Bertz CT molecular complexity index is 1000. The van der Waals surface area contributed by atoms with Crippen molar-refractivity contribution in [3.05, 3.63) is 81.3 Å². The molecule has 0 aliphatic heterocycles. The molecule has 0 aliphatic carbocycles. The van der Waals surface area contributed by atoms with Crippen molar-refractivity contribution in [3.8, 4) is 11.5 Å². The Balaban J connectivity index is 1.67. The minimum Gasteiger partial charge on any atom is -0.496 e. The van der Waals surface area contributed by atoms with E-state index >= 15 is 0 Å². The van der Waals surface area contributed by atoms with E-state index in [1.165, 1.54) is 31.4 Å². The van der Waals surface area contributed by atoms with Gasteiger partial charge in [0.05, 0.1) is 18.1 Å². The van der Waals surface area contributed by atoms with Crippen LogP contribution in [-0.2, 0) is 6.61 Å². The first-order valence-electron chi connectivity index (χ1n) is 8.07. The van der Waals surface area contributed by atoms with Gasteiger partial charge in [0.2, 0.25) is 0 Å². The van der Waals surface area contributed by atoms with Crippen molar-refractivity contribution in [2.24, 2.45) is 0 Å². The number of nitro groups is 1. The van der Waals surface area contributed by atoms with Crippen LogP contribution in [-0.4, -0.2) is 17.9 Å². The summed E-state index contributed by atoms with van der Waals surface area (Å²) in [7, 11) is 1.40. The molecule has 0 fully saturated rings. The van der Waals surface area contributed by atoms with Gasteiger partial charge < -0.3 is 19.2 Å². The first-order chi connectivity index (χ1) is 13.5. The molecule has 0 saturated heterocycles. The molecule has 1 heterocycles. The topological polar surface area (TPSA) is 104 Å². The van der Waals surface area contributed by atoms with E-state index in [0.29, 0.717) is 22.3 Å². The second kappa shape index (κ2) is 8.45. The van der Waals surface area contributed by atoms with Gasteiger partial charge >= 0.3 is 0 Å². The number of amides is 1. The third-order valence-electron chi connectivity index (χ3n) is 3.73. The second-order valence-corrected chi connectivity index (χ2v) is 6.04. The highest BCUT2D eigenvalue weighted by Gasteiger charge is 2.19. The van der Waals surface area contributed by atoms with Gasteiger partial charge in [-0.15, -0.1) is 0 Å². The Morgan fingerprint density at radius 2 is 1.86 bits per heavy atom. The van der Waals surface area contributed by atoms with Crippen molar-refractivity contribution in [1.29, 1.82) is 0 Å². The normalized spacial score (nSPS) is 10.4. The van der Waals surface area contributed by atoms with Gasteiger partial charge in [0, 0.05) is 5.02 Å². The quantitative estimate of drug-likeness (QED) is 0.454. The molecule has 28 heavy (non-hydrogen) atoms. The van der Waals surface area contributed by atoms with Crippen molar-refractivity contribution >= 4 is 28.9 Å². The molecule has 0 radical (unpaired) electrons. The summed E-state index contributed by atoms with van der Waals surface area (Å²) >= 11 is 5.81. The van der Waals surface area contributed by atoms with E-state index in [0.717, 1.165) is 0 Å². The lowest BCUT2D eigenvalue weighted by Gasteiger charge is -2.06. The summed E-state index contributed by atoms with van der Waals surface area (Å²) < 4.78 is 16.0. The van der Waals surface area contributed by atoms with Gasteiger partial charge in [-0.1, -0.05) is 11.6 Å². The fourth-order valence-corrected chi connectivity index (χ4v) is 2.47. The average Bonchev–Trinajstić information content (AvgIpc) is 3.17. The summed E-state index contributed by atoms with van der Waals surface area (Å²) in [6.45, 7) is 0.109. The summed E-state index contributed by atoms with van der Waals surface area (Å²) in [5.41, 5.74) is -0.253. The number of ether oxygens (including phenoxy) is 2. The number of hydrogen-bond donors (Lipinski definition) is 1. The van der Waals surface area contributed by atoms with Crippen LogP contribution in [0, 0.1) is 10.1 Å². The van der Waals surface area contributed by atoms with E-state index in [1.54, 1.807) is 30.3 Å². The largest absolute Gasteiger partial charge is 0.496 e. The van der Waals surface area contributed by atoms with Crippen LogP contribution in [0.4, 0.5) is 11.4 Å². The molecule has 1 N–H and O–H groups in total. The summed E-state index contributed by atoms with van der Waals surface area (Å²) in [5, 5.41) is 14.3. The standard InChI is InChI=1S/C19H15ClN2O6/c1-26-14-6-8-16(17(10-14)22(24)25)21-19(23)18-9-7-15(28-18)11-27-13-4-2-12(20)3-5-13/h2-10H,11H2,1H3,(H,21,23). The lowest BCUT2D eigenvalue weighted by atomic mass is 10.2. The Kier molecular flexibility index (Phi) is 5.81. The minimum atomic E-state index is -0.619. The summed E-state index contributed by atoms with van der Waals surface area (Å²) in [4.78, 5) is 23.0. The van der Waals surface area contributed by atoms with Crippen LogP contribution in [0.3, 0.4) is 0 Å². The smallest absolute Gasteiger partial charge is 0.296 e. The lowest BCUT2D eigenvalue weighted by molar-refractivity contribution is -0.384. The average molecular weight is 403 g/mol. The van der Waals surface area contributed by atoms with Crippen LogP contribution in [0.2, 0.25) is 5.02 Å². The van der Waals surface area contributed by atoms with Crippen LogP contribution < -0.4 is 14.8 Å². The van der Waals surface area contributed by atoms with Crippen LogP contribution >= 0.6 is 11.6 Å². The molecule has 3 rings (SSSR count). The predicted molar refractivity (Wildman–Crippen MR) is 102 cm³/mol. The number of anilines is 1. The maximum atomic E-state index is 12.4. The number of halogens is 1. The molecular formula is C19H15ClN2O6. The number of furan rings is 1. The summed E-state index contributed by atoms with van der Waals surface area (Å²) in [6.07, 6.45) is 0. The van der Waals surface area contributed by atoms with Crippen LogP contribution in [0.15, 0.2) is 59.0 Å². The van der Waals surface area contributed by atoms with E-state index in [2.05, 4.69) is 5.32 Å². The second-order valence-electron chi connectivity index (χ2n) is 5.60. The molecule has 9 heteroatoms. The highest BCUT2D eigenvalue weighted by molar-refractivity contribution is 6.30. The molecule has 0 unspecified atom stereocenters. The Labute approximate surface area is 164 Å². The van der Waals surface area contributed by atoms with Crippen molar-refractivity contribution in [2.75, 3.05) is 12.4 Å². The summed E-state index contributed by atoms with van der Waals surface area (Å²) in [5.74, 6) is 0.708. The van der Waals surface area contributed by atoms with Crippen molar-refractivity contribution in [3.63, 3.8) is 0 Å². The van der Waals surface area contributed by atoms with Gasteiger partial charge in [-0.3, -0.25) is 14.9 Å². The lowest BCUT2D eigenvalue weighted by Crippen LogP contribution is -2.12. The molecule has 3 aromatic rings. The molecule has 0 spiro atoms. The fraction of sp³-hybridized carbons (Fsp3) is 0.105. The Hall–Kier alpha value is -3.52. The zero-order chi connectivity index (χ0) is 20.1. The number of carbonyl (C=O) groups excluding carboxylic acids is 1. The van der Waals surface area contributed by atoms with Crippen molar-refractivity contribution < 1.29 is 23.6 Å². The number of benzene rings is 2. The SMILES string of the molecule is COc1ccc(NC(=O)c2ccc(COc3ccc(Cl)cc3)o2)c([N+](=O)[O-])c1. The highest BCUT2D eigenvalue weighted by atomic mass is 35.5. The van der Waals surface area contributed by atoms with Crippen molar-refractivity contribution in [2.45, 2.75) is 6.61 Å². The van der Waals surface area contributed by atoms with Gasteiger partial charge in [-0.25, -0.2) is 0 Å². The molecule has 0 bridgehead atoms. The number of nitro benzene ring substituents is 1. The van der Waals surface area contributed by atoms with E-state index < -0.39 is 10.8 Å². The first kappa shape index (κ1) is 19.2. The number of nitrogens with zero attached hydrogens (tertiary/aromatic N) is 1. The molecule has 1 aromatic heterocycles. The monoisotopic (exact) mass is 402 g/mol. The Morgan fingerprint density at radius 1 is 1.14 bits per heavy atom.